The Kier molecular flexibility index (Phi) is 4.88. The molecular formula is C15H18BrNO3S. The van der Waals surface area contributed by atoms with E-state index in [0.29, 0.717) is 12.8 Å². The van der Waals surface area contributed by atoms with Gasteiger partial charge in [0, 0.05) is 12.5 Å². The number of hydrogen-bond donors (Lipinski definition) is 0. The highest BCUT2D eigenvalue weighted by atomic mass is 79.9. The molecule has 0 unspecified atom stereocenters. The second-order valence-corrected chi connectivity index (χ2v) is 7.62. The molecule has 0 amide bonds. The summed E-state index contributed by atoms with van der Waals surface area (Å²) in [5.74, 6) is 0.588. The van der Waals surface area contributed by atoms with Crippen LogP contribution in [0.3, 0.4) is 0 Å². The number of thiazole rings is 1. The van der Waals surface area contributed by atoms with E-state index in [1.807, 2.05) is 32.9 Å². The third-order valence-corrected chi connectivity index (χ3v) is 4.37. The first kappa shape index (κ1) is 16.2. The quantitative estimate of drug-likeness (QED) is 0.749. The molecule has 4 nitrogen and oxygen atoms in total. The van der Waals surface area contributed by atoms with E-state index in [9.17, 15) is 4.79 Å². The second-order valence-electron chi connectivity index (χ2n) is 5.65. The summed E-state index contributed by atoms with van der Waals surface area (Å²) >= 11 is 5.02. The van der Waals surface area contributed by atoms with Gasteiger partial charge in [-0.25, -0.2) is 4.98 Å². The molecule has 1 heterocycles. The lowest BCUT2D eigenvalue weighted by molar-refractivity contribution is -0.154. The molecule has 0 aliphatic heterocycles. The van der Waals surface area contributed by atoms with Gasteiger partial charge in [-0.2, -0.15) is 0 Å². The average molecular weight is 372 g/mol. The maximum atomic E-state index is 11.7. The van der Waals surface area contributed by atoms with Crippen molar-refractivity contribution >= 4 is 43.5 Å². The number of aromatic nitrogens is 1. The van der Waals surface area contributed by atoms with Gasteiger partial charge in [-0.1, -0.05) is 0 Å². The van der Waals surface area contributed by atoms with Crippen LogP contribution in [0.15, 0.2) is 16.6 Å². The lowest BCUT2D eigenvalue weighted by Gasteiger charge is -2.19. The molecule has 0 N–H and O–H groups in total. The average Bonchev–Trinajstić information content (AvgIpc) is 2.75. The largest absolute Gasteiger partial charge is 0.496 e. The molecule has 0 spiro atoms. The minimum absolute atomic E-state index is 0.194. The van der Waals surface area contributed by atoms with Gasteiger partial charge in [0.05, 0.1) is 33.2 Å². The molecule has 2 aromatic rings. The fourth-order valence-electron chi connectivity index (χ4n) is 1.84. The van der Waals surface area contributed by atoms with Crippen molar-refractivity contribution in [1.29, 1.82) is 0 Å². The normalized spacial score (nSPS) is 11.7. The third kappa shape index (κ3) is 4.41. The Morgan fingerprint density at radius 1 is 1.38 bits per heavy atom. The van der Waals surface area contributed by atoms with Crippen LogP contribution in [0.5, 0.6) is 5.75 Å². The fourth-order valence-corrected chi connectivity index (χ4v) is 3.31. The molecule has 1 aromatic carbocycles. The summed E-state index contributed by atoms with van der Waals surface area (Å²) in [6.45, 7) is 5.60. The van der Waals surface area contributed by atoms with Gasteiger partial charge >= 0.3 is 5.97 Å². The van der Waals surface area contributed by atoms with Gasteiger partial charge in [0.15, 0.2) is 0 Å². The molecule has 0 saturated heterocycles. The van der Waals surface area contributed by atoms with Crippen molar-refractivity contribution in [2.75, 3.05) is 7.11 Å². The van der Waals surface area contributed by atoms with Gasteiger partial charge < -0.3 is 9.47 Å². The highest BCUT2D eigenvalue weighted by molar-refractivity contribution is 9.10. The summed E-state index contributed by atoms with van der Waals surface area (Å²) in [5.41, 5.74) is 0.468. The maximum Gasteiger partial charge on any atom is 0.306 e. The van der Waals surface area contributed by atoms with Gasteiger partial charge in [0.25, 0.3) is 0 Å². The molecule has 0 bridgehead atoms. The van der Waals surface area contributed by atoms with Crippen LogP contribution >= 0.6 is 27.3 Å². The molecule has 0 atom stereocenters. The van der Waals surface area contributed by atoms with Crippen molar-refractivity contribution in [3.05, 3.63) is 21.6 Å². The molecule has 114 valence electrons. The van der Waals surface area contributed by atoms with E-state index in [-0.39, 0.29) is 5.97 Å². The second kappa shape index (κ2) is 6.32. The Balaban J connectivity index is 2.08. The Morgan fingerprint density at radius 3 is 2.71 bits per heavy atom. The summed E-state index contributed by atoms with van der Waals surface area (Å²) in [7, 11) is 1.64. The number of fused-ring (bicyclic) bond motifs is 1. The molecule has 0 radical (unpaired) electrons. The van der Waals surface area contributed by atoms with Crippen LogP contribution in [-0.2, 0) is 16.0 Å². The molecular weight excluding hydrogens is 354 g/mol. The predicted molar refractivity (Wildman–Crippen MR) is 88.0 cm³/mol. The molecule has 0 aliphatic rings. The first-order valence-electron chi connectivity index (χ1n) is 6.63. The van der Waals surface area contributed by atoms with E-state index in [2.05, 4.69) is 20.9 Å². The summed E-state index contributed by atoms with van der Waals surface area (Å²) in [6.07, 6.45) is 0.934. The number of nitrogens with zero attached hydrogens (tertiary/aromatic N) is 1. The van der Waals surface area contributed by atoms with E-state index in [4.69, 9.17) is 9.47 Å². The smallest absolute Gasteiger partial charge is 0.306 e. The van der Waals surface area contributed by atoms with Crippen molar-refractivity contribution in [2.45, 2.75) is 39.2 Å². The van der Waals surface area contributed by atoms with Crippen molar-refractivity contribution in [2.24, 2.45) is 0 Å². The molecule has 0 aliphatic carbocycles. The summed E-state index contributed by atoms with van der Waals surface area (Å²) in [6, 6.07) is 3.88. The topological polar surface area (TPSA) is 48.4 Å². The first-order valence-corrected chi connectivity index (χ1v) is 8.24. The van der Waals surface area contributed by atoms with E-state index in [1.54, 1.807) is 18.4 Å². The zero-order valence-corrected chi connectivity index (χ0v) is 14.9. The molecule has 0 fully saturated rings. The van der Waals surface area contributed by atoms with Crippen LogP contribution in [0, 0.1) is 0 Å². The van der Waals surface area contributed by atoms with Crippen molar-refractivity contribution in [3.8, 4) is 5.75 Å². The van der Waals surface area contributed by atoms with E-state index in [0.717, 1.165) is 25.4 Å². The highest BCUT2D eigenvalue weighted by Gasteiger charge is 2.17. The summed E-state index contributed by atoms with van der Waals surface area (Å²) in [4.78, 5) is 16.3. The Labute approximate surface area is 136 Å². The lowest BCUT2D eigenvalue weighted by Crippen LogP contribution is -2.23. The number of halogens is 1. The third-order valence-electron chi connectivity index (χ3n) is 2.67. The fraction of sp³-hybridized carbons (Fsp3) is 0.467. The lowest BCUT2D eigenvalue weighted by atomic mass is 10.2. The molecule has 21 heavy (non-hydrogen) atoms. The number of rotatable bonds is 4. The number of carbonyl (C=O) groups excluding carboxylic acids is 1. The minimum atomic E-state index is -0.442. The standard InChI is InChI=1S/C15H18BrNO3S/c1-15(2,3)20-14(18)6-5-13-17-10-7-9(16)11(19-4)8-12(10)21-13/h7-8H,5-6H2,1-4H3. The predicted octanol–water partition coefficient (Wildman–Crippen LogP) is 4.34. The zero-order valence-electron chi connectivity index (χ0n) is 12.5. The van der Waals surface area contributed by atoms with Crippen molar-refractivity contribution in [1.82, 2.24) is 4.98 Å². The van der Waals surface area contributed by atoms with E-state index < -0.39 is 5.60 Å². The first-order chi connectivity index (χ1) is 9.78. The van der Waals surface area contributed by atoms with Crippen LogP contribution in [-0.4, -0.2) is 23.7 Å². The Hall–Kier alpha value is -1.14. The van der Waals surface area contributed by atoms with Crippen molar-refractivity contribution < 1.29 is 14.3 Å². The van der Waals surface area contributed by atoms with Crippen LogP contribution in [0.2, 0.25) is 0 Å². The van der Waals surface area contributed by atoms with Gasteiger partial charge in [-0.05, 0) is 42.8 Å². The maximum absolute atomic E-state index is 11.7. The number of hydrogen-bond acceptors (Lipinski definition) is 5. The molecule has 6 heteroatoms. The van der Waals surface area contributed by atoms with Crippen LogP contribution in [0.1, 0.15) is 32.2 Å². The van der Waals surface area contributed by atoms with Gasteiger partial charge in [0.2, 0.25) is 0 Å². The molecule has 1 aromatic heterocycles. The number of aryl methyl sites for hydroxylation is 1. The Bertz CT molecular complexity index is 661. The number of benzene rings is 1. The number of ether oxygens (including phenoxy) is 2. The number of methoxy groups -OCH3 is 1. The number of carbonyl (C=O) groups is 1. The summed E-state index contributed by atoms with van der Waals surface area (Å²) in [5, 5.41) is 0.927. The van der Waals surface area contributed by atoms with Crippen LogP contribution in [0.4, 0.5) is 0 Å². The number of esters is 1. The monoisotopic (exact) mass is 371 g/mol. The zero-order chi connectivity index (χ0) is 15.6. The van der Waals surface area contributed by atoms with Crippen LogP contribution in [0.25, 0.3) is 10.2 Å². The Morgan fingerprint density at radius 2 is 2.10 bits per heavy atom. The molecule has 2 rings (SSSR count). The highest BCUT2D eigenvalue weighted by Crippen LogP contribution is 2.33. The van der Waals surface area contributed by atoms with Gasteiger partial charge in [-0.15, -0.1) is 11.3 Å². The van der Waals surface area contributed by atoms with Gasteiger partial charge in [-0.3, -0.25) is 4.79 Å². The van der Waals surface area contributed by atoms with Crippen LogP contribution < -0.4 is 4.74 Å². The summed E-state index contributed by atoms with van der Waals surface area (Å²) < 4.78 is 12.5. The molecule has 0 saturated carbocycles. The van der Waals surface area contributed by atoms with Crippen molar-refractivity contribution in [3.63, 3.8) is 0 Å². The minimum Gasteiger partial charge on any atom is -0.496 e. The van der Waals surface area contributed by atoms with Gasteiger partial charge in [0.1, 0.15) is 11.4 Å². The van der Waals surface area contributed by atoms with E-state index >= 15 is 0 Å². The van der Waals surface area contributed by atoms with E-state index in [1.165, 1.54) is 0 Å². The SMILES string of the molecule is COc1cc2sc(CCC(=O)OC(C)(C)C)nc2cc1Br.